The molecule has 3 aromatic carbocycles. The standard InChI is InChI=1S/C22H16F2N2O2S/c23-16-9-11-17(12-10-16)28-14-20(27)26(13-15-5-2-1-3-6-15)22-25-21-18(24)7-4-8-19(21)29-22/h1-12H,13-14H2. The van der Waals surface area contributed by atoms with Crippen LogP contribution in [0.15, 0.2) is 72.8 Å². The van der Waals surface area contributed by atoms with Crippen molar-refractivity contribution in [2.45, 2.75) is 6.54 Å². The van der Waals surface area contributed by atoms with E-state index in [4.69, 9.17) is 4.74 Å². The summed E-state index contributed by atoms with van der Waals surface area (Å²) in [6.07, 6.45) is 0. The van der Waals surface area contributed by atoms with Gasteiger partial charge in [0.05, 0.1) is 11.2 Å². The molecular formula is C22H16F2N2O2S. The van der Waals surface area contributed by atoms with E-state index < -0.39 is 5.82 Å². The molecule has 4 rings (SSSR count). The maximum absolute atomic E-state index is 14.1. The lowest BCUT2D eigenvalue weighted by atomic mass is 10.2. The first-order valence-corrected chi connectivity index (χ1v) is 9.69. The average Bonchev–Trinajstić information content (AvgIpc) is 3.17. The number of anilines is 1. The number of nitrogens with zero attached hydrogens (tertiary/aromatic N) is 2. The highest BCUT2D eigenvalue weighted by molar-refractivity contribution is 7.22. The van der Waals surface area contributed by atoms with Gasteiger partial charge in [-0.15, -0.1) is 0 Å². The number of amides is 1. The first kappa shape index (κ1) is 19.0. The number of ether oxygens (including phenoxy) is 1. The molecule has 0 aliphatic heterocycles. The van der Waals surface area contributed by atoms with Crippen molar-refractivity contribution in [1.82, 2.24) is 4.98 Å². The van der Waals surface area contributed by atoms with E-state index in [0.29, 0.717) is 15.6 Å². The van der Waals surface area contributed by atoms with Crippen molar-refractivity contribution in [3.63, 3.8) is 0 Å². The van der Waals surface area contributed by atoms with Crippen LogP contribution in [0.2, 0.25) is 0 Å². The minimum atomic E-state index is -0.431. The summed E-state index contributed by atoms with van der Waals surface area (Å²) in [5.41, 5.74) is 1.14. The summed E-state index contributed by atoms with van der Waals surface area (Å²) in [5, 5.41) is 0.390. The van der Waals surface area contributed by atoms with E-state index in [0.717, 1.165) is 5.56 Å². The number of halogens is 2. The SMILES string of the molecule is O=C(COc1ccc(F)cc1)N(Cc1ccccc1)c1nc2c(F)cccc2s1. The van der Waals surface area contributed by atoms with Gasteiger partial charge in [0.25, 0.3) is 5.91 Å². The summed E-state index contributed by atoms with van der Waals surface area (Å²) in [6, 6.07) is 19.6. The Balaban J connectivity index is 1.60. The van der Waals surface area contributed by atoms with Crippen LogP contribution in [0, 0.1) is 11.6 Å². The van der Waals surface area contributed by atoms with Crippen molar-refractivity contribution in [3.8, 4) is 5.75 Å². The van der Waals surface area contributed by atoms with Gasteiger partial charge in [-0.3, -0.25) is 9.69 Å². The Kier molecular flexibility index (Phi) is 5.48. The zero-order chi connectivity index (χ0) is 20.2. The molecule has 7 heteroatoms. The minimum Gasteiger partial charge on any atom is -0.484 e. The Labute approximate surface area is 170 Å². The number of fused-ring (bicyclic) bond motifs is 1. The molecule has 0 radical (unpaired) electrons. The summed E-state index contributed by atoms with van der Waals surface area (Å²) < 4.78 is 33.3. The predicted molar refractivity (Wildman–Crippen MR) is 109 cm³/mol. The molecule has 0 spiro atoms. The largest absolute Gasteiger partial charge is 0.484 e. The third-order valence-electron chi connectivity index (χ3n) is 4.25. The second-order valence-corrected chi connectivity index (χ2v) is 7.30. The monoisotopic (exact) mass is 410 g/mol. The van der Waals surface area contributed by atoms with Crippen LogP contribution in [0.1, 0.15) is 5.56 Å². The third-order valence-corrected chi connectivity index (χ3v) is 5.29. The van der Waals surface area contributed by atoms with Crippen molar-refractivity contribution in [2.75, 3.05) is 11.5 Å². The molecule has 146 valence electrons. The molecule has 0 saturated carbocycles. The van der Waals surface area contributed by atoms with Crippen molar-refractivity contribution < 1.29 is 18.3 Å². The second kappa shape index (κ2) is 8.36. The van der Waals surface area contributed by atoms with Gasteiger partial charge in [0, 0.05) is 0 Å². The first-order chi connectivity index (χ1) is 14.1. The van der Waals surface area contributed by atoms with E-state index >= 15 is 0 Å². The van der Waals surface area contributed by atoms with Crippen molar-refractivity contribution in [3.05, 3.63) is 90.0 Å². The number of hydrogen-bond acceptors (Lipinski definition) is 4. The highest BCUT2D eigenvalue weighted by Crippen LogP contribution is 2.31. The first-order valence-electron chi connectivity index (χ1n) is 8.88. The number of thiazole rings is 1. The molecule has 0 unspecified atom stereocenters. The molecule has 0 aliphatic carbocycles. The molecule has 4 aromatic rings. The molecule has 0 atom stereocenters. The van der Waals surface area contributed by atoms with Crippen LogP contribution in [-0.2, 0) is 11.3 Å². The summed E-state index contributed by atoms with van der Waals surface area (Å²) in [4.78, 5) is 18.8. The topological polar surface area (TPSA) is 42.4 Å². The maximum Gasteiger partial charge on any atom is 0.267 e. The smallest absolute Gasteiger partial charge is 0.267 e. The zero-order valence-corrected chi connectivity index (χ0v) is 16.0. The summed E-state index contributed by atoms with van der Waals surface area (Å²) in [5.74, 6) is -0.766. The van der Waals surface area contributed by atoms with Crippen LogP contribution in [0.25, 0.3) is 10.2 Å². The Morgan fingerprint density at radius 3 is 2.45 bits per heavy atom. The van der Waals surface area contributed by atoms with E-state index in [1.165, 1.54) is 46.6 Å². The van der Waals surface area contributed by atoms with Crippen LogP contribution in [-0.4, -0.2) is 17.5 Å². The average molecular weight is 410 g/mol. The number of carbonyl (C=O) groups excluding carboxylic acids is 1. The Bertz CT molecular complexity index is 1130. The van der Waals surface area contributed by atoms with E-state index in [1.807, 2.05) is 30.3 Å². The normalized spacial score (nSPS) is 10.8. The molecule has 0 N–H and O–H groups in total. The molecule has 0 bridgehead atoms. The van der Waals surface area contributed by atoms with E-state index in [1.54, 1.807) is 12.1 Å². The van der Waals surface area contributed by atoms with Crippen LogP contribution < -0.4 is 9.64 Å². The molecule has 1 aromatic heterocycles. The van der Waals surface area contributed by atoms with Gasteiger partial charge in [-0.1, -0.05) is 47.7 Å². The molecule has 4 nitrogen and oxygen atoms in total. The van der Waals surface area contributed by atoms with Crippen LogP contribution in [0.4, 0.5) is 13.9 Å². The van der Waals surface area contributed by atoms with Gasteiger partial charge >= 0.3 is 0 Å². The number of rotatable bonds is 6. The highest BCUT2D eigenvalue weighted by atomic mass is 32.1. The van der Waals surface area contributed by atoms with Gasteiger partial charge in [0.2, 0.25) is 0 Å². The van der Waals surface area contributed by atoms with E-state index in [9.17, 15) is 13.6 Å². The Morgan fingerprint density at radius 1 is 0.966 bits per heavy atom. The summed E-state index contributed by atoms with van der Waals surface area (Å²) >= 11 is 1.24. The van der Waals surface area contributed by atoms with Gasteiger partial charge in [0.1, 0.15) is 22.9 Å². The number of aromatic nitrogens is 1. The summed E-state index contributed by atoms with van der Waals surface area (Å²) in [7, 11) is 0. The Hall–Kier alpha value is -3.32. The fourth-order valence-corrected chi connectivity index (χ4v) is 3.80. The molecule has 0 fully saturated rings. The zero-order valence-electron chi connectivity index (χ0n) is 15.2. The fraction of sp³-hybridized carbons (Fsp3) is 0.0909. The highest BCUT2D eigenvalue weighted by Gasteiger charge is 2.21. The van der Waals surface area contributed by atoms with Crippen molar-refractivity contribution in [1.29, 1.82) is 0 Å². The minimum absolute atomic E-state index is 0.234. The van der Waals surface area contributed by atoms with Gasteiger partial charge < -0.3 is 4.74 Å². The number of para-hydroxylation sites is 1. The third kappa shape index (κ3) is 4.41. The van der Waals surface area contributed by atoms with Gasteiger partial charge in [-0.2, -0.15) is 0 Å². The molecule has 1 amide bonds. The molecule has 1 heterocycles. The molecule has 29 heavy (non-hydrogen) atoms. The fourth-order valence-electron chi connectivity index (χ4n) is 2.80. The molecule has 0 saturated heterocycles. The van der Waals surface area contributed by atoms with Gasteiger partial charge in [-0.25, -0.2) is 13.8 Å². The van der Waals surface area contributed by atoms with E-state index in [2.05, 4.69) is 4.98 Å². The molecule has 0 aliphatic rings. The van der Waals surface area contributed by atoms with Crippen LogP contribution in [0.3, 0.4) is 0 Å². The predicted octanol–water partition coefficient (Wildman–Crippen LogP) is 5.19. The maximum atomic E-state index is 14.1. The Morgan fingerprint density at radius 2 is 1.72 bits per heavy atom. The number of benzene rings is 3. The van der Waals surface area contributed by atoms with Crippen LogP contribution >= 0.6 is 11.3 Å². The number of carbonyl (C=O) groups is 1. The van der Waals surface area contributed by atoms with E-state index in [-0.39, 0.29) is 30.4 Å². The van der Waals surface area contributed by atoms with Crippen molar-refractivity contribution >= 4 is 32.6 Å². The second-order valence-electron chi connectivity index (χ2n) is 6.29. The molecular weight excluding hydrogens is 394 g/mol. The number of hydrogen-bond donors (Lipinski definition) is 0. The lowest BCUT2D eigenvalue weighted by molar-refractivity contribution is -0.120. The summed E-state index contributed by atoms with van der Waals surface area (Å²) in [6.45, 7) is 0.0186. The lowest BCUT2D eigenvalue weighted by Gasteiger charge is -2.20. The van der Waals surface area contributed by atoms with Crippen LogP contribution in [0.5, 0.6) is 5.75 Å². The van der Waals surface area contributed by atoms with Crippen molar-refractivity contribution in [2.24, 2.45) is 0 Å². The van der Waals surface area contributed by atoms with Gasteiger partial charge in [0.15, 0.2) is 11.7 Å². The lowest BCUT2D eigenvalue weighted by Crippen LogP contribution is -2.34. The van der Waals surface area contributed by atoms with Gasteiger partial charge in [-0.05, 0) is 42.0 Å². The quantitative estimate of drug-likeness (QED) is 0.440.